The average molecular weight is 330 g/mol. The lowest BCUT2D eigenvalue weighted by Crippen LogP contribution is -2.06. The molecule has 1 unspecified atom stereocenters. The van der Waals surface area contributed by atoms with Crippen LogP contribution in [-0.2, 0) is 0 Å². The number of halogens is 1. The Balaban J connectivity index is 1.83. The maximum Gasteiger partial charge on any atom is 0.163 e. The van der Waals surface area contributed by atoms with E-state index in [1.807, 2.05) is 72.8 Å². The highest BCUT2D eigenvalue weighted by Gasteiger charge is 2.14. The molecule has 25 heavy (non-hydrogen) atoms. The molecule has 3 rings (SSSR count). The molecule has 0 aromatic heterocycles. The standard InChI is InChI=1S/C23H19FO/c24-22-15-12-18(13-16-22)11-14-21(19-7-3-1-4-8-19)17-23(25)20-9-5-2-6-10-20/h1-16,21H,17H2/b14-11+. The summed E-state index contributed by atoms with van der Waals surface area (Å²) in [5.74, 6) is -0.173. The number of ketones is 1. The lowest BCUT2D eigenvalue weighted by molar-refractivity contribution is 0.0978. The van der Waals surface area contributed by atoms with E-state index < -0.39 is 0 Å². The number of hydrogen-bond donors (Lipinski definition) is 0. The fourth-order valence-corrected chi connectivity index (χ4v) is 2.74. The molecule has 0 fully saturated rings. The fourth-order valence-electron chi connectivity index (χ4n) is 2.74. The van der Waals surface area contributed by atoms with Crippen LogP contribution in [0.1, 0.15) is 33.8 Å². The monoisotopic (exact) mass is 330 g/mol. The second-order valence-corrected chi connectivity index (χ2v) is 5.92. The van der Waals surface area contributed by atoms with Crippen LogP contribution in [0.15, 0.2) is 91.0 Å². The molecule has 0 N–H and O–H groups in total. The number of benzene rings is 3. The number of rotatable bonds is 6. The van der Waals surface area contributed by atoms with Gasteiger partial charge in [0.05, 0.1) is 0 Å². The average Bonchev–Trinajstić information content (AvgIpc) is 2.67. The molecule has 124 valence electrons. The molecule has 0 spiro atoms. The lowest BCUT2D eigenvalue weighted by atomic mass is 9.90. The number of hydrogen-bond acceptors (Lipinski definition) is 1. The number of allylic oxidation sites excluding steroid dienone is 1. The van der Waals surface area contributed by atoms with Crippen LogP contribution in [0.25, 0.3) is 6.08 Å². The number of carbonyl (C=O) groups excluding carboxylic acids is 1. The molecule has 0 bridgehead atoms. The van der Waals surface area contributed by atoms with Gasteiger partial charge in [-0.1, -0.05) is 84.9 Å². The summed E-state index contributed by atoms with van der Waals surface area (Å²) in [7, 11) is 0. The molecule has 0 aliphatic heterocycles. The summed E-state index contributed by atoms with van der Waals surface area (Å²) < 4.78 is 13.0. The first-order valence-electron chi connectivity index (χ1n) is 8.29. The van der Waals surface area contributed by atoms with Crippen LogP contribution in [0.5, 0.6) is 0 Å². The molecule has 0 amide bonds. The minimum atomic E-state index is -0.254. The first-order valence-corrected chi connectivity index (χ1v) is 8.29. The van der Waals surface area contributed by atoms with Gasteiger partial charge in [-0.3, -0.25) is 4.79 Å². The normalized spacial score (nSPS) is 12.2. The molecule has 0 saturated heterocycles. The van der Waals surface area contributed by atoms with Crippen molar-refractivity contribution in [2.45, 2.75) is 12.3 Å². The molecule has 0 saturated carbocycles. The molecule has 1 nitrogen and oxygen atoms in total. The third-order valence-electron chi connectivity index (χ3n) is 4.12. The Bertz CT molecular complexity index is 836. The van der Waals surface area contributed by atoms with Gasteiger partial charge < -0.3 is 0 Å². The van der Waals surface area contributed by atoms with Crippen LogP contribution in [0.4, 0.5) is 4.39 Å². The zero-order valence-corrected chi connectivity index (χ0v) is 13.8. The van der Waals surface area contributed by atoms with Crippen LogP contribution in [0.3, 0.4) is 0 Å². The summed E-state index contributed by atoms with van der Waals surface area (Å²) in [6.07, 6.45) is 4.35. The molecular weight excluding hydrogens is 311 g/mol. The van der Waals surface area contributed by atoms with Gasteiger partial charge in [-0.15, -0.1) is 0 Å². The van der Waals surface area contributed by atoms with E-state index in [9.17, 15) is 9.18 Å². The second kappa shape index (κ2) is 8.20. The van der Waals surface area contributed by atoms with E-state index in [-0.39, 0.29) is 17.5 Å². The molecule has 0 radical (unpaired) electrons. The smallest absolute Gasteiger partial charge is 0.163 e. The van der Waals surface area contributed by atoms with Gasteiger partial charge in [0.2, 0.25) is 0 Å². The van der Waals surface area contributed by atoms with Crippen LogP contribution < -0.4 is 0 Å². The number of Topliss-reactive ketones (excluding diaryl/α,β-unsaturated/α-hetero) is 1. The van der Waals surface area contributed by atoms with Gasteiger partial charge in [0.1, 0.15) is 5.82 Å². The topological polar surface area (TPSA) is 17.1 Å². The summed E-state index contributed by atoms with van der Waals surface area (Å²) in [4.78, 5) is 12.6. The van der Waals surface area contributed by atoms with Gasteiger partial charge in [0.25, 0.3) is 0 Å². The zero-order valence-electron chi connectivity index (χ0n) is 13.8. The summed E-state index contributed by atoms with van der Waals surface area (Å²) in [5.41, 5.74) is 2.72. The van der Waals surface area contributed by atoms with E-state index >= 15 is 0 Å². The molecule has 1 atom stereocenters. The van der Waals surface area contributed by atoms with Gasteiger partial charge in [-0.2, -0.15) is 0 Å². The van der Waals surface area contributed by atoms with E-state index in [0.717, 1.165) is 16.7 Å². The third kappa shape index (κ3) is 4.74. The van der Waals surface area contributed by atoms with Crippen LogP contribution in [-0.4, -0.2) is 5.78 Å². The third-order valence-corrected chi connectivity index (χ3v) is 4.12. The van der Waals surface area contributed by atoms with Crippen LogP contribution in [0, 0.1) is 5.82 Å². The van der Waals surface area contributed by atoms with Gasteiger partial charge in [0, 0.05) is 17.9 Å². The molecule has 0 heterocycles. The van der Waals surface area contributed by atoms with Crippen LogP contribution in [0.2, 0.25) is 0 Å². The molecule has 3 aromatic rings. The zero-order chi connectivity index (χ0) is 17.5. The van der Waals surface area contributed by atoms with Crippen molar-refractivity contribution < 1.29 is 9.18 Å². The second-order valence-electron chi connectivity index (χ2n) is 5.92. The Labute approximate surface area is 147 Å². The van der Waals surface area contributed by atoms with Gasteiger partial charge in [-0.25, -0.2) is 4.39 Å². The summed E-state index contributed by atoms with van der Waals surface area (Å²) >= 11 is 0. The Morgan fingerprint density at radius 2 is 1.44 bits per heavy atom. The van der Waals surface area contributed by atoms with Crippen molar-refractivity contribution >= 4 is 11.9 Å². The van der Waals surface area contributed by atoms with Crippen molar-refractivity contribution in [2.75, 3.05) is 0 Å². The van der Waals surface area contributed by atoms with E-state index in [2.05, 4.69) is 0 Å². The van der Waals surface area contributed by atoms with Crippen LogP contribution >= 0.6 is 0 Å². The van der Waals surface area contributed by atoms with Crippen molar-refractivity contribution in [3.8, 4) is 0 Å². The van der Waals surface area contributed by atoms with Crippen molar-refractivity contribution in [3.05, 3.63) is 114 Å². The summed E-state index contributed by atoms with van der Waals surface area (Å²) in [5, 5.41) is 0. The highest BCUT2D eigenvalue weighted by molar-refractivity contribution is 5.96. The predicted octanol–water partition coefficient (Wildman–Crippen LogP) is 5.90. The SMILES string of the molecule is O=C(CC(/C=C/c1ccc(F)cc1)c1ccccc1)c1ccccc1. The van der Waals surface area contributed by atoms with Gasteiger partial charge in [0.15, 0.2) is 5.78 Å². The molecule has 0 aliphatic carbocycles. The quantitative estimate of drug-likeness (QED) is 0.515. The van der Waals surface area contributed by atoms with Crippen molar-refractivity contribution in [1.82, 2.24) is 0 Å². The van der Waals surface area contributed by atoms with Crippen molar-refractivity contribution in [3.63, 3.8) is 0 Å². The van der Waals surface area contributed by atoms with E-state index in [1.54, 1.807) is 12.1 Å². The maximum atomic E-state index is 13.0. The van der Waals surface area contributed by atoms with Gasteiger partial charge in [-0.05, 0) is 23.3 Å². The number of carbonyl (C=O) groups is 1. The van der Waals surface area contributed by atoms with Crippen molar-refractivity contribution in [2.24, 2.45) is 0 Å². The van der Waals surface area contributed by atoms with Crippen molar-refractivity contribution in [1.29, 1.82) is 0 Å². The predicted molar refractivity (Wildman–Crippen MR) is 100 cm³/mol. The molecule has 0 aliphatic rings. The largest absolute Gasteiger partial charge is 0.294 e. The first-order chi connectivity index (χ1) is 12.2. The van der Waals surface area contributed by atoms with E-state index in [0.29, 0.717) is 6.42 Å². The Morgan fingerprint density at radius 1 is 0.840 bits per heavy atom. The minimum absolute atomic E-state index is 0.0287. The summed E-state index contributed by atoms with van der Waals surface area (Å²) in [6, 6.07) is 25.6. The highest BCUT2D eigenvalue weighted by atomic mass is 19.1. The maximum absolute atomic E-state index is 13.0. The Morgan fingerprint density at radius 3 is 2.08 bits per heavy atom. The molecule has 3 aromatic carbocycles. The first kappa shape index (κ1) is 16.8. The highest BCUT2D eigenvalue weighted by Crippen LogP contribution is 2.24. The molecular formula is C23H19FO. The van der Waals surface area contributed by atoms with E-state index in [1.165, 1.54) is 12.1 Å². The molecule has 2 heteroatoms. The minimum Gasteiger partial charge on any atom is -0.294 e. The summed E-state index contributed by atoms with van der Waals surface area (Å²) in [6.45, 7) is 0. The van der Waals surface area contributed by atoms with E-state index in [4.69, 9.17) is 0 Å². The van der Waals surface area contributed by atoms with Gasteiger partial charge >= 0.3 is 0 Å². The lowest BCUT2D eigenvalue weighted by Gasteiger charge is -2.13. The fraction of sp³-hybridized carbons (Fsp3) is 0.0870. The Kier molecular flexibility index (Phi) is 5.53. The Hall–Kier alpha value is -3.00.